The van der Waals surface area contributed by atoms with E-state index in [0.717, 1.165) is 22.9 Å². The number of aliphatic hydroxyl groups is 1. The average molecular weight is 433 g/mol. The molecule has 1 aliphatic rings. The highest BCUT2D eigenvalue weighted by atomic mass is 32.2. The van der Waals surface area contributed by atoms with Gasteiger partial charge in [0.1, 0.15) is 18.3 Å². The second-order valence-electron chi connectivity index (χ2n) is 7.09. The van der Waals surface area contributed by atoms with Crippen molar-refractivity contribution in [2.75, 3.05) is 12.9 Å². The first-order chi connectivity index (χ1) is 14.6. The second-order valence-corrected chi connectivity index (χ2v) is 8.29. The van der Waals surface area contributed by atoms with Gasteiger partial charge >= 0.3 is 0 Å². The molecule has 0 unspecified atom stereocenters. The fourth-order valence-electron chi connectivity index (χ4n) is 3.32. The van der Waals surface area contributed by atoms with Crippen LogP contribution in [0, 0.1) is 0 Å². The van der Waals surface area contributed by atoms with Gasteiger partial charge in [-0.3, -0.25) is 4.79 Å². The molecule has 0 radical (unpaired) electrons. The summed E-state index contributed by atoms with van der Waals surface area (Å²) in [5.74, 6) is 0.312. The highest BCUT2D eigenvalue weighted by Gasteiger charge is 2.47. The Labute approximate surface area is 181 Å². The first kappa shape index (κ1) is 22.9. The molecular formula is C23H28O6S. The van der Waals surface area contributed by atoms with Crippen LogP contribution in [0.15, 0.2) is 60.7 Å². The summed E-state index contributed by atoms with van der Waals surface area (Å²) in [6.45, 7) is 2.14. The maximum atomic E-state index is 11.4. The number of methoxy groups -OCH3 is 1. The molecule has 0 saturated carbocycles. The fourth-order valence-corrected chi connectivity index (χ4v) is 3.99. The van der Waals surface area contributed by atoms with E-state index in [2.05, 4.69) is 0 Å². The van der Waals surface area contributed by atoms with Gasteiger partial charge in [-0.2, -0.15) is 0 Å². The number of ether oxygens (including phenoxy) is 4. The SMILES string of the molecule is CO[C@@H]1O[C@H](CSC(C)=O)[C@@H](O)[C@H](OCc2ccccc2)[C@H]1OCc1ccccc1. The second kappa shape index (κ2) is 11.6. The first-order valence-electron chi connectivity index (χ1n) is 9.89. The molecule has 7 heteroatoms. The molecule has 2 aromatic carbocycles. The zero-order valence-electron chi connectivity index (χ0n) is 17.2. The monoisotopic (exact) mass is 432 g/mol. The van der Waals surface area contributed by atoms with Crippen molar-refractivity contribution in [2.45, 2.75) is 50.8 Å². The molecule has 5 atom stereocenters. The zero-order chi connectivity index (χ0) is 21.3. The maximum absolute atomic E-state index is 11.4. The molecule has 6 nitrogen and oxygen atoms in total. The van der Waals surface area contributed by atoms with Crippen LogP contribution in [0.4, 0.5) is 0 Å². The van der Waals surface area contributed by atoms with E-state index in [1.165, 1.54) is 14.0 Å². The lowest BCUT2D eigenvalue weighted by Crippen LogP contribution is -2.60. The van der Waals surface area contributed by atoms with Gasteiger partial charge in [-0.05, 0) is 11.1 Å². The molecule has 1 saturated heterocycles. The molecule has 2 aromatic rings. The van der Waals surface area contributed by atoms with Crippen LogP contribution >= 0.6 is 11.8 Å². The van der Waals surface area contributed by atoms with Gasteiger partial charge in [0, 0.05) is 19.8 Å². The van der Waals surface area contributed by atoms with E-state index in [-0.39, 0.29) is 5.12 Å². The number of carbonyl (C=O) groups excluding carboxylic acids is 1. The quantitative estimate of drug-likeness (QED) is 0.652. The maximum Gasteiger partial charge on any atom is 0.186 e. The molecular weight excluding hydrogens is 404 g/mol. The molecule has 1 aliphatic heterocycles. The van der Waals surface area contributed by atoms with Crippen LogP contribution in [0.1, 0.15) is 18.1 Å². The van der Waals surface area contributed by atoms with Crippen molar-refractivity contribution in [1.82, 2.24) is 0 Å². The number of thioether (sulfide) groups is 1. The Bertz CT molecular complexity index is 772. The Hall–Kier alpha value is -1.74. The molecule has 0 bridgehead atoms. The van der Waals surface area contributed by atoms with Gasteiger partial charge in [-0.15, -0.1) is 0 Å². The number of hydrogen-bond acceptors (Lipinski definition) is 7. The highest BCUT2D eigenvalue weighted by molar-refractivity contribution is 8.13. The molecule has 1 heterocycles. The van der Waals surface area contributed by atoms with E-state index in [1.54, 1.807) is 0 Å². The minimum Gasteiger partial charge on any atom is -0.388 e. The number of carbonyl (C=O) groups is 1. The van der Waals surface area contributed by atoms with E-state index in [1.807, 2.05) is 60.7 Å². The van der Waals surface area contributed by atoms with Crippen molar-refractivity contribution in [3.63, 3.8) is 0 Å². The molecule has 3 rings (SSSR count). The van der Waals surface area contributed by atoms with E-state index in [9.17, 15) is 9.90 Å². The molecule has 1 N–H and O–H groups in total. The molecule has 0 amide bonds. The van der Waals surface area contributed by atoms with Gasteiger partial charge < -0.3 is 24.1 Å². The van der Waals surface area contributed by atoms with Crippen LogP contribution < -0.4 is 0 Å². The van der Waals surface area contributed by atoms with Gasteiger partial charge in [0.05, 0.1) is 19.3 Å². The Morgan fingerprint density at radius 2 is 1.50 bits per heavy atom. The van der Waals surface area contributed by atoms with Crippen LogP contribution in [0.5, 0.6) is 0 Å². The molecule has 30 heavy (non-hydrogen) atoms. The van der Waals surface area contributed by atoms with Crippen molar-refractivity contribution in [3.05, 3.63) is 71.8 Å². The van der Waals surface area contributed by atoms with Crippen LogP contribution in [0.3, 0.4) is 0 Å². The number of aliphatic hydroxyl groups excluding tert-OH is 1. The Balaban J connectivity index is 1.75. The smallest absolute Gasteiger partial charge is 0.186 e. The molecule has 0 aliphatic carbocycles. The molecule has 1 fully saturated rings. The van der Waals surface area contributed by atoms with Crippen molar-refractivity contribution in [2.24, 2.45) is 0 Å². The third kappa shape index (κ3) is 6.38. The normalized spacial score (nSPS) is 26.4. The third-order valence-electron chi connectivity index (χ3n) is 4.87. The van der Waals surface area contributed by atoms with Crippen molar-refractivity contribution in [3.8, 4) is 0 Å². The van der Waals surface area contributed by atoms with Gasteiger partial charge in [0.25, 0.3) is 0 Å². The minimum absolute atomic E-state index is 0.0380. The van der Waals surface area contributed by atoms with Crippen molar-refractivity contribution >= 4 is 16.9 Å². The average Bonchev–Trinajstić information content (AvgIpc) is 2.77. The predicted molar refractivity (Wildman–Crippen MR) is 115 cm³/mol. The third-order valence-corrected chi connectivity index (χ3v) is 5.77. The number of rotatable bonds is 9. The summed E-state index contributed by atoms with van der Waals surface area (Å²) in [6.07, 6.45) is -3.61. The minimum atomic E-state index is -0.965. The highest BCUT2D eigenvalue weighted by Crippen LogP contribution is 2.29. The summed E-state index contributed by atoms with van der Waals surface area (Å²) < 4.78 is 23.7. The summed E-state index contributed by atoms with van der Waals surface area (Å²) in [7, 11) is 1.53. The summed E-state index contributed by atoms with van der Waals surface area (Å²) in [6, 6.07) is 19.5. The van der Waals surface area contributed by atoms with Crippen molar-refractivity contribution < 1.29 is 28.8 Å². The summed E-state index contributed by atoms with van der Waals surface area (Å²) in [5.41, 5.74) is 1.99. The fraction of sp³-hybridized carbons (Fsp3) is 0.435. The summed E-state index contributed by atoms with van der Waals surface area (Å²) in [5, 5.41) is 11.0. The Morgan fingerprint density at radius 3 is 2.00 bits per heavy atom. The zero-order valence-corrected chi connectivity index (χ0v) is 18.0. The van der Waals surface area contributed by atoms with Crippen LogP contribution in [-0.4, -0.2) is 53.8 Å². The lowest BCUT2D eigenvalue weighted by atomic mass is 9.99. The summed E-state index contributed by atoms with van der Waals surface area (Å²) in [4.78, 5) is 11.4. The largest absolute Gasteiger partial charge is 0.388 e. The van der Waals surface area contributed by atoms with Crippen molar-refractivity contribution in [1.29, 1.82) is 0 Å². The van der Waals surface area contributed by atoms with E-state index in [0.29, 0.717) is 19.0 Å². The van der Waals surface area contributed by atoms with Gasteiger partial charge in [-0.25, -0.2) is 0 Å². The van der Waals surface area contributed by atoms with Gasteiger partial charge in [-0.1, -0.05) is 72.4 Å². The van der Waals surface area contributed by atoms with E-state index in [4.69, 9.17) is 18.9 Å². The van der Waals surface area contributed by atoms with E-state index < -0.39 is 30.7 Å². The van der Waals surface area contributed by atoms with Crippen LogP contribution in [0.25, 0.3) is 0 Å². The number of benzene rings is 2. The standard InChI is InChI=1S/C23H28O6S/c1-16(24)30-15-19-20(25)21(27-13-17-9-5-3-6-10-17)22(23(26-2)29-19)28-14-18-11-7-4-8-12-18/h3-12,19-23,25H,13-15H2,1-2H3/t19-,20-,21+,22-,23-/m1/s1. The van der Waals surface area contributed by atoms with Gasteiger partial charge in [0.2, 0.25) is 0 Å². The first-order valence-corrected chi connectivity index (χ1v) is 10.9. The Kier molecular flexibility index (Phi) is 8.87. The van der Waals surface area contributed by atoms with Gasteiger partial charge in [0.15, 0.2) is 11.4 Å². The number of hydrogen-bond donors (Lipinski definition) is 1. The van der Waals surface area contributed by atoms with Crippen LogP contribution in [-0.2, 0) is 37.0 Å². The van der Waals surface area contributed by atoms with Crippen LogP contribution in [0.2, 0.25) is 0 Å². The lowest BCUT2D eigenvalue weighted by Gasteiger charge is -2.43. The molecule has 0 aromatic heterocycles. The summed E-state index contributed by atoms with van der Waals surface area (Å²) >= 11 is 1.11. The Morgan fingerprint density at radius 1 is 0.967 bits per heavy atom. The van der Waals surface area contributed by atoms with E-state index >= 15 is 0 Å². The molecule has 162 valence electrons. The molecule has 0 spiro atoms. The lowest BCUT2D eigenvalue weighted by molar-refractivity contribution is -0.306. The topological polar surface area (TPSA) is 74.2 Å². The predicted octanol–water partition coefficient (Wildman–Crippen LogP) is 3.17.